The molecule has 0 aliphatic heterocycles. The Morgan fingerprint density at radius 3 is 1.91 bits per heavy atom. The molecule has 32 heavy (non-hydrogen) atoms. The van der Waals surface area contributed by atoms with Gasteiger partial charge >= 0.3 is 5.97 Å². The Morgan fingerprint density at radius 2 is 1.47 bits per heavy atom. The third kappa shape index (κ3) is 11.3. The summed E-state index contributed by atoms with van der Waals surface area (Å²) in [5.41, 5.74) is 10.7. The summed E-state index contributed by atoms with van der Waals surface area (Å²) in [6.45, 7) is 7.08. The first-order chi connectivity index (χ1) is 14.8. The smallest absolute Gasteiger partial charge is 0.326 e. The SMILES string of the molecule is CSCCC(NC(=O)C(NC(=O)C(N)CC(N)=O)C(C)C)C(=O)NC(CC(C)C)C(=O)O. The number of rotatable bonds is 15. The van der Waals surface area contributed by atoms with E-state index < -0.39 is 53.8 Å². The van der Waals surface area contributed by atoms with Gasteiger partial charge in [0.25, 0.3) is 0 Å². The second-order valence-electron chi connectivity index (χ2n) is 8.38. The standard InChI is InChI=1S/C20H37N5O6S/c1-10(2)8-14(20(30)31)24-18(28)13(6-7-32-5)23-19(29)16(11(3)4)25-17(27)12(21)9-15(22)26/h10-14,16H,6-9,21H2,1-5H3,(H2,22,26)(H,23,29)(H,24,28)(H,25,27)(H,30,31). The van der Waals surface area contributed by atoms with Crippen LogP contribution in [0.1, 0.15) is 47.0 Å². The number of carbonyl (C=O) groups excluding carboxylic acids is 4. The fraction of sp³-hybridized carbons (Fsp3) is 0.750. The van der Waals surface area contributed by atoms with Crippen molar-refractivity contribution in [2.75, 3.05) is 12.0 Å². The van der Waals surface area contributed by atoms with Crippen molar-refractivity contribution in [3.8, 4) is 0 Å². The van der Waals surface area contributed by atoms with E-state index in [1.807, 2.05) is 20.1 Å². The van der Waals surface area contributed by atoms with E-state index in [9.17, 15) is 29.1 Å². The molecule has 0 spiro atoms. The van der Waals surface area contributed by atoms with Gasteiger partial charge < -0.3 is 32.5 Å². The Morgan fingerprint density at radius 1 is 0.906 bits per heavy atom. The van der Waals surface area contributed by atoms with Gasteiger partial charge in [-0.3, -0.25) is 19.2 Å². The van der Waals surface area contributed by atoms with Crippen LogP contribution in [-0.4, -0.2) is 70.9 Å². The Kier molecular flexibility index (Phi) is 13.6. The van der Waals surface area contributed by atoms with Crippen LogP contribution in [0.25, 0.3) is 0 Å². The van der Waals surface area contributed by atoms with Crippen molar-refractivity contribution in [2.24, 2.45) is 23.3 Å². The Hall–Kier alpha value is -2.34. The van der Waals surface area contributed by atoms with Crippen LogP contribution in [0, 0.1) is 11.8 Å². The highest BCUT2D eigenvalue weighted by Crippen LogP contribution is 2.09. The molecule has 0 aliphatic rings. The van der Waals surface area contributed by atoms with Crippen LogP contribution in [0.15, 0.2) is 0 Å². The lowest BCUT2D eigenvalue weighted by molar-refractivity contribution is -0.142. The number of hydrogen-bond acceptors (Lipinski definition) is 7. The number of amides is 4. The quantitative estimate of drug-likeness (QED) is 0.177. The van der Waals surface area contributed by atoms with Crippen molar-refractivity contribution < 1.29 is 29.1 Å². The number of primary amides is 1. The molecule has 12 heteroatoms. The largest absolute Gasteiger partial charge is 0.480 e. The minimum Gasteiger partial charge on any atom is -0.480 e. The molecule has 0 rings (SSSR count). The predicted octanol–water partition coefficient (Wildman–Crippen LogP) is -0.817. The van der Waals surface area contributed by atoms with Gasteiger partial charge in [-0.1, -0.05) is 27.7 Å². The van der Waals surface area contributed by atoms with Gasteiger partial charge in [0.15, 0.2) is 0 Å². The fourth-order valence-corrected chi connectivity index (χ4v) is 3.31. The third-order valence-electron chi connectivity index (χ3n) is 4.57. The maximum Gasteiger partial charge on any atom is 0.326 e. The van der Waals surface area contributed by atoms with Crippen molar-refractivity contribution in [3.05, 3.63) is 0 Å². The molecule has 4 amide bonds. The van der Waals surface area contributed by atoms with Gasteiger partial charge in [-0.2, -0.15) is 11.8 Å². The molecule has 0 saturated heterocycles. The molecule has 0 heterocycles. The molecule has 0 fully saturated rings. The third-order valence-corrected chi connectivity index (χ3v) is 5.21. The van der Waals surface area contributed by atoms with Crippen LogP contribution in [0.3, 0.4) is 0 Å². The lowest BCUT2D eigenvalue weighted by Gasteiger charge is -2.27. The van der Waals surface area contributed by atoms with E-state index >= 15 is 0 Å². The van der Waals surface area contributed by atoms with Crippen LogP contribution in [-0.2, 0) is 24.0 Å². The topological polar surface area (TPSA) is 194 Å². The summed E-state index contributed by atoms with van der Waals surface area (Å²) in [7, 11) is 0. The summed E-state index contributed by atoms with van der Waals surface area (Å²) < 4.78 is 0. The Balaban J connectivity index is 5.39. The highest BCUT2D eigenvalue weighted by molar-refractivity contribution is 7.98. The second kappa shape index (κ2) is 14.7. The number of thioether (sulfide) groups is 1. The molecule has 0 aromatic rings. The number of hydrogen-bond donors (Lipinski definition) is 6. The summed E-state index contributed by atoms with van der Waals surface area (Å²) in [6, 6.07) is -4.29. The van der Waals surface area contributed by atoms with E-state index in [-0.39, 0.29) is 31.1 Å². The highest BCUT2D eigenvalue weighted by atomic mass is 32.2. The molecular formula is C20H37N5O6S. The molecule has 8 N–H and O–H groups in total. The molecule has 0 aliphatic carbocycles. The molecule has 4 unspecified atom stereocenters. The van der Waals surface area contributed by atoms with Gasteiger partial charge in [0.2, 0.25) is 23.6 Å². The lowest BCUT2D eigenvalue weighted by Crippen LogP contribution is -2.58. The number of carbonyl (C=O) groups is 5. The zero-order chi connectivity index (χ0) is 25.0. The Labute approximate surface area is 193 Å². The summed E-state index contributed by atoms with van der Waals surface area (Å²) >= 11 is 1.47. The number of aliphatic carboxylic acids is 1. The Bertz CT molecular complexity index is 673. The number of nitrogens with one attached hydrogen (secondary N) is 3. The minimum atomic E-state index is -1.20. The average Bonchev–Trinajstić information content (AvgIpc) is 2.66. The van der Waals surface area contributed by atoms with Gasteiger partial charge in [0.05, 0.1) is 12.5 Å². The highest BCUT2D eigenvalue weighted by Gasteiger charge is 2.31. The van der Waals surface area contributed by atoms with Crippen molar-refractivity contribution in [1.82, 2.24) is 16.0 Å². The van der Waals surface area contributed by atoms with E-state index in [4.69, 9.17) is 11.5 Å². The van der Waals surface area contributed by atoms with Gasteiger partial charge in [-0.25, -0.2) is 4.79 Å². The predicted molar refractivity (Wildman–Crippen MR) is 123 cm³/mol. The van der Waals surface area contributed by atoms with Crippen LogP contribution >= 0.6 is 11.8 Å². The van der Waals surface area contributed by atoms with Crippen LogP contribution in [0.5, 0.6) is 0 Å². The van der Waals surface area contributed by atoms with Crippen molar-refractivity contribution in [3.63, 3.8) is 0 Å². The maximum atomic E-state index is 12.9. The first-order valence-corrected chi connectivity index (χ1v) is 11.9. The molecule has 0 saturated carbocycles. The molecule has 11 nitrogen and oxygen atoms in total. The van der Waals surface area contributed by atoms with E-state index in [0.29, 0.717) is 5.75 Å². The molecule has 184 valence electrons. The first kappa shape index (κ1) is 29.7. The van der Waals surface area contributed by atoms with Crippen LogP contribution in [0.4, 0.5) is 0 Å². The van der Waals surface area contributed by atoms with Gasteiger partial charge in [0, 0.05) is 0 Å². The van der Waals surface area contributed by atoms with Gasteiger partial charge in [-0.05, 0) is 36.7 Å². The fourth-order valence-electron chi connectivity index (χ4n) is 2.84. The van der Waals surface area contributed by atoms with Crippen molar-refractivity contribution >= 4 is 41.4 Å². The zero-order valence-electron chi connectivity index (χ0n) is 19.3. The van der Waals surface area contributed by atoms with Crippen molar-refractivity contribution in [1.29, 1.82) is 0 Å². The molecule has 0 aromatic carbocycles. The van der Waals surface area contributed by atoms with E-state index in [1.165, 1.54) is 11.8 Å². The summed E-state index contributed by atoms with van der Waals surface area (Å²) in [5, 5.41) is 17.0. The number of carboxylic acid groups (broad SMARTS) is 1. The van der Waals surface area contributed by atoms with Crippen LogP contribution < -0.4 is 27.4 Å². The summed E-state index contributed by atoms with van der Waals surface area (Å²) in [6.07, 6.45) is 1.98. The van der Waals surface area contributed by atoms with Gasteiger partial charge in [-0.15, -0.1) is 0 Å². The van der Waals surface area contributed by atoms with E-state index in [0.717, 1.165) is 0 Å². The molecule has 4 atom stereocenters. The zero-order valence-corrected chi connectivity index (χ0v) is 20.2. The summed E-state index contributed by atoms with van der Waals surface area (Å²) in [4.78, 5) is 60.4. The molecule has 0 aromatic heterocycles. The summed E-state index contributed by atoms with van der Waals surface area (Å²) in [5.74, 6) is -3.61. The second-order valence-corrected chi connectivity index (χ2v) is 9.36. The van der Waals surface area contributed by atoms with E-state index in [2.05, 4.69) is 16.0 Å². The molecular weight excluding hydrogens is 438 g/mol. The van der Waals surface area contributed by atoms with Crippen molar-refractivity contribution in [2.45, 2.75) is 71.1 Å². The number of carboxylic acids is 1. The average molecular weight is 476 g/mol. The number of nitrogens with two attached hydrogens (primary N) is 2. The first-order valence-electron chi connectivity index (χ1n) is 10.5. The molecule has 0 radical (unpaired) electrons. The monoisotopic (exact) mass is 475 g/mol. The van der Waals surface area contributed by atoms with Crippen LogP contribution in [0.2, 0.25) is 0 Å². The maximum absolute atomic E-state index is 12.9. The normalized spacial score (nSPS) is 14.9. The lowest BCUT2D eigenvalue weighted by atomic mass is 10.0. The molecule has 0 bridgehead atoms. The minimum absolute atomic E-state index is 0.0424. The van der Waals surface area contributed by atoms with E-state index in [1.54, 1.807) is 13.8 Å². The van der Waals surface area contributed by atoms with Gasteiger partial charge in [0.1, 0.15) is 18.1 Å².